The van der Waals surface area contributed by atoms with Gasteiger partial charge in [0.25, 0.3) is 0 Å². The Labute approximate surface area is 134 Å². The standard InChI is InChI=1S/C19H16BNO2/c22-20(23)14-11-12-19-17(13-14)16-9-5-6-10-18(16)21(19)15-7-3-1-2-4-8-15/h1-7,9-13,22-23H,8H2. The van der Waals surface area contributed by atoms with Crippen molar-refractivity contribution < 1.29 is 10.0 Å². The Hall–Kier alpha value is -2.56. The van der Waals surface area contributed by atoms with Crippen molar-refractivity contribution in [2.75, 3.05) is 0 Å². The van der Waals surface area contributed by atoms with Crippen molar-refractivity contribution in [3.63, 3.8) is 0 Å². The van der Waals surface area contributed by atoms with Crippen LogP contribution in [-0.4, -0.2) is 21.7 Å². The number of allylic oxidation sites excluding steroid dienone is 6. The summed E-state index contributed by atoms with van der Waals surface area (Å²) in [6, 6.07) is 13.8. The monoisotopic (exact) mass is 301 g/mol. The van der Waals surface area contributed by atoms with E-state index in [0.29, 0.717) is 5.46 Å². The van der Waals surface area contributed by atoms with Crippen molar-refractivity contribution >= 4 is 40.1 Å². The van der Waals surface area contributed by atoms with Gasteiger partial charge in [-0.2, -0.15) is 0 Å². The normalized spacial score (nSPS) is 14.3. The number of nitrogens with zero attached hydrogens (tertiary/aromatic N) is 1. The summed E-state index contributed by atoms with van der Waals surface area (Å²) in [5, 5.41) is 21.1. The molecule has 0 aliphatic heterocycles. The maximum absolute atomic E-state index is 9.47. The van der Waals surface area contributed by atoms with Crippen LogP contribution in [0.25, 0.3) is 27.5 Å². The van der Waals surface area contributed by atoms with Crippen LogP contribution < -0.4 is 5.46 Å². The molecule has 3 aromatic rings. The first-order chi connectivity index (χ1) is 11.3. The molecular weight excluding hydrogens is 285 g/mol. The Morgan fingerprint density at radius 1 is 0.870 bits per heavy atom. The summed E-state index contributed by atoms with van der Waals surface area (Å²) in [5.41, 5.74) is 3.90. The van der Waals surface area contributed by atoms with E-state index in [0.717, 1.165) is 28.2 Å². The van der Waals surface area contributed by atoms with E-state index in [2.05, 4.69) is 34.9 Å². The van der Waals surface area contributed by atoms with Crippen molar-refractivity contribution in [1.82, 2.24) is 4.57 Å². The topological polar surface area (TPSA) is 45.4 Å². The van der Waals surface area contributed by atoms with Crippen LogP contribution in [0.15, 0.2) is 72.8 Å². The van der Waals surface area contributed by atoms with Crippen LogP contribution in [0.4, 0.5) is 0 Å². The molecule has 1 aliphatic rings. The minimum Gasteiger partial charge on any atom is -0.423 e. The van der Waals surface area contributed by atoms with E-state index >= 15 is 0 Å². The molecule has 0 atom stereocenters. The Bertz CT molecular complexity index is 980. The van der Waals surface area contributed by atoms with E-state index < -0.39 is 7.12 Å². The van der Waals surface area contributed by atoms with Gasteiger partial charge in [0.15, 0.2) is 0 Å². The third-order valence-corrected chi connectivity index (χ3v) is 4.26. The van der Waals surface area contributed by atoms with Gasteiger partial charge >= 0.3 is 7.12 Å². The van der Waals surface area contributed by atoms with E-state index in [4.69, 9.17) is 0 Å². The van der Waals surface area contributed by atoms with Gasteiger partial charge in [0.05, 0.1) is 11.0 Å². The van der Waals surface area contributed by atoms with Gasteiger partial charge in [-0.05, 0) is 23.7 Å². The molecule has 3 nitrogen and oxygen atoms in total. The molecule has 4 rings (SSSR count). The zero-order valence-corrected chi connectivity index (χ0v) is 12.6. The molecule has 0 saturated carbocycles. The van der Waals surface area contributed by atoms with Gasteiger partial charge in [0.2, 0.25) is 0 Å². The van der Waals surface area contributed by atoms with Gasteiger partial charge in [0.1, 0.15) is 0 Å². The summed E-state index contributed by atoms with van der Waals surface area (Å²) in [5.74, 6) is 0. The minimum absolute atomic E-state index is 0.509. The summed E-state index contributed by atoms with van der Waals surface area (Å²) in [6.07, 6.45) is 11.2. The summed E-state index contributed by atoms with van der Waals surface area (Å²) in [4.78, 5) is 0. The molecule has 0 fully saturated rings. The first-order valence-corrected chi connectivity index (χ1v) is 7.68. The molecule has 23 heavy (non-hydrogen) atoms. The van der Waals surface area contributed by atoms with E-state index in [-0.39, 0.29) is 0 Å². The molecular formula is C19H16BNO2. The number of hydrogen-bond acceptors (Lipinski definition) is 2. The fourth-order valence-electron chi connectivity index (χ4n) is 3.19. The van der Waals surface area contributed by atoms with Gasteiger partial charge in [-0.1, -0.05) is 54.6 Å². The Balaban J connectivity index is 2.07. The summed E-state index contributed by atoms with van der Waals surface area (Å²) in [7, 11) is -1.45. The predicted molar refractivity (Wildman–Crippen MR) is 96.4 cm³/mol. The second kappa shape index (κ2) is 5.58. The highest BCUT2D eigenvalue weighted by Crippen LogP contribution is 2.32. The highest BCUT2D eigenvalue weighted by molar-refractivity contribution is 6.59. The fraction of sp³-hybridized carbons (Fsp3) is 0.0526. The van der Waals surface area contributed by atoms with Gasteiger partial charge in [-0.25, -0.2) is 0 Å². The van der Waals surface area contributed by atoms with Crippen LogP contribution in [0.3, 0.4) is 0 Å². The molecule has 2 aromatic carbocycles. The molecule has 112 valence electrons. The number of rotatable bonds is 2. The van der Waals surface area contributed by atoms with Crippen molar-refractivity contribution in [2.24, 2.45) is 0 Å². The second-order valence-corrected chi connectivity index (χ2v) is 5.68. The first kappa shape index (κ1) is 14.1. The molecule has 0 radical (unpaired) electrons. The van der Waals surface area contributed by atoms with E-state index in [1.165, 1.54) is 5.70 Å². The van der Waals surface area contributed by atoms with Crippen molar-refractivity contribution in [2.45, 2.75) is 6.42 Å². The lowest BCUT2D eigenvalue weighted by Crippen LogP contribution is -2.29. The summed E-state index contributed by atoms with van der Waals surface area (Å²) in [6.45, 7) is 0. The average Bonchev–Trinajstić information content (AvgIpc) is 2.72. The Kier molecular flexibility index (Phi) is 3.41. The van der Waals surface area contributed by atoms with Gasteiger partial charge < -0.3 is 14.6 Å². The molecule has 1 heterocycles. The molecule has 1 aromatic heterocycles. The lowest BCUT2D eigenvalue weighted by Gasteiger charge is -2.10. The number of benzene rings is 2. The van der Waals surface area contributed by atoms with Gasteiger partial charge in [0, 0.05) is 22.9 Å². The smallest absolute Gasteiger partial charge is 0.423 e. The lowest BCUT2D eigenvalue weighted by molar-refractivity contribution is 0.426. The van der Waals surface area contributed by atoms with Crippen molar-refractivity contribution in [1.29, 1.82) is 0 Å². The molecule has 0 unspecified atom stereocenters. The van der Waals surface area contributed by atoms with Crippen LogP contribution in [0.2, 0.25) is 0 Å². The third-order valence-electron chi connectivity index (χ3n) is 4.26. The molecule has 1 aliphatic carbocycles. The van der Waals surface area contributed by atoms with E-state index in [1.54, 1.807) is 6.07 Å². The lowest BCUT2D eigenvalue weighted by atomic mass is 9.80. The van der Waals surface area contributed by atoms with Gasteiger partial charge in [-0.3, -0.25) is 0 Å². The quantitative estimate of drug-likeness (QED) is 0.715. The van der Waals surface area contributed by atoms with E-state index in [9.17, 15) is 10.0 Å². The molecule has 0 saturated heterocycles. The zero-order valence-electron chi connectivity index (χ0n) is 12.6. The Morgan fingerprint density at radius 3 is 2.57 bits per heavy atom. The van der Waals surface area contributed by atoms with Crippen LogP contribution in [0, 0.1) is 0 Å². The maximum atomic E-state index is 9.47. The second-order valence-electron chi connectivity index (χ2n) is 5.68. The number of hydrogen-bond donors (Lipinski definition) is 2. The number of fused-ring (bicyclic) bond motifs is 3. The third kappa shape index (κ3) is 2.33. The number of aromatic nitrogens is 1. The van der Waals surface area contributed by atoms with Crippen LogP contribution in [0.5, 0.6) is 0 Å². The molecule has 0 bridgehead atoms. The highest BCUT2D eigenvalue weighted by atomic mass is 16.4. The molecule has 0 spiro atoms. The molecule has 2 N–H and O–H groups in total. The molecule has 4 heteroatoms. The SMILES string of the molecule is OB(O)c1ccc2c(c1)c1ccccc1n2C1=CC=CC=CC1. The highest BCUT2D eigenvalue weighted by Gasteiger charge is 2.17. The van der Waals surface area contributed by atoms with Crippen molar-refractivity contribution in [3.8, 4) is 0 Å². The average molecular weight is 301 g/mol. The first-order valence-electron chi connectivity index (χ1n) is 7.68. The van der Waals surface area contributed by atoms with Crippen LogP contribution in [0.1, 0.15) is 6.42 Å². The zero-order chi connectivity index (χ0) is 15.8. The Morgan fingerprint density at radius 2 is 1.70 bits per heavy atom. The van der Waals surface area contributed by atoms with Crippen molar-refractivity contribution in [3.05, 3.63) is 72.8 Å². The van der Waals surface area contributed by atoms with Crippen LogP contribution in [-0.2, 0) is 0 Å². The predicted octanol–water partition coefficient (Wildman–Crippen LogP) is 2.83. The largest absolute Gasteiger partial charge is 0.488 e. The summed E-state index contributed by atoms with van der Waals surface area (Å²) >= 11 is 0. The summed E-state index contributed by atoms with van der Waals surface area (Å²) < 4.78 is 2.25. The van der Waals surface area contributed by atoms with Gasteiger partial charge in [-0.15, -0.1) is 0 Å². The van der Waals surface area contributed by atoms with E-state index in [1.807, 2.05) is 36.4 Å². The maximum Gasteiger partial charge on any atom is 0.488 e. The van der Waals surface area contributed by atoms with Crippen LogP contribution >= 0.6 is 0 Å². The molecule has 0 amide bonds. The number of para-hydroxylation sites is 1. The minimum atomic E-state index is -1.45. The fourth-order valence-corrected chi connectivity index (χ4v) is 3.19.